The Kier molecular flexibility index (Phi) is 12.0. The minimum Gasteiger partial charge on any atom is -0.385 e. The van der Waals surface area contributed by atoms with Gasteiger partial charge in [0.25, 0.3) is 0 Å². The van der Waals surface area contributed by atoms with Gasteiger partial charge in [-0.2, -0.15) is 0 Å². The van der Waals surface area contributed by atoms with Crippen molar-refractivity contribution in [2.24, 2.45) is 4.99 Å². The number of benzene rings is 1. The first-order valence-corrected chi connectivity index (χ1v) is 9.42. The lowest BCUT2D eigenvalue weighted by Crippen LogP contribution is -2.46. The number of hydrogen-bond acceptors (Lipinski definition) is 4. The number of nitrogens with one attached hydrogen (secondary N) is 2. The summed E-state index contributed by atoms with van der Waals surface area (Å²) in [6.07, 6.45) is 1.54. The van der Waals surface area contributed by atoms with Gasteiger partial charge in [-0.1, -0.05) is 25.1 Å². The summed E-state index contributed by atoms with van der Waals surface area (Å²) in [6, 6.07) is 8.32. The van der Waals surface area contributed by atoms with Gasteiger partial charge in [-0.15, -0.1) is 24.0 Å². The lowest BCUT2D eigenvalue weighted by molar-refractivity contribution is 0.195. The van der Waals surface area contributed by atoms with E-state index in [1.165, 1.54) is 0 Å². The second-order valence-corrected chi connectivity index (χ2v) is 7.22. The second-order valence-electron chi connectivity index (χ2n) is 5.19. The number of guanidine groups is 1. The molecule has 0 radical (unpaired) electrons. The van der Waals surface area contributed by atoms with Crippen LogP contribution in [0.2, 0.25) is 0 Å². The Bertz CT molecular complexity index is 579. The van der Waals surface area contributed by atoms with Crippen LogP contribution in [0.5, 0.6) is 0 Å². The molecule has 0 spiro atoms. The van der Waals surface area contributed by atoms with Gasteiger partial charge in [0.15, 0.2) is 15.8 Å². The number of methoxy groups -OCH3 is 1. The molecule has 2 N–H and O–H groups in total. The van der Waals surface area contributed by atoms with E-state index in [4.69, 9.17) is 4.74 Å². The van der Waals surface area contributed by atoms with Gasteiger partial charge in [0.1, 0.15) is 0 Å². The van der Waals surface area contributed by atoms with Crippen molar-refractivity contribution in [3.63, 3.8) is 0 Å². The van der Waals surface area contributed by atoms with Crippen molar-refractivity contribution in [2.75, 3.05) is 33.1 Å². The first-order chi connectivity index (χ1) is 11.0. The summed E-state index contributed by atoms with van der Waals surface area (Å²) in [6.45, 7) is 3.34. The van der Waals surface area contributed by atoms with E-state index in [2.05, 4.69) is 15.6 Å². The molecule has 0 fully saturated rings. The van der Waals surface area contributed by atoms with Gasteiger partial charge in [0, 0.05) is 33.4 Å². The molecule has 1 atom stereocenters. The third-order valence-electron chi connectivity index (χ3n) is 3.40. The molecule has 24 heavy (non-hydrogen) atoms. The van der Waals surface area contributed by atoms with E-state index >= 15 is 0 Å². The molecule has 138 valence electrons. The molecule has 6 nitrogen and oxygen atoms in total. The predicted octanol–water partition coefficient (Wildman–Crippen LogP) is 2.06. The van der Waals surface area contributed by atoms with Crippen LogP contribution in [0.1, 0.15) is 19.8 Å². The number of hydrogen-bond donors (Lipinski definition) is 2. The van der Waals surface area contributed by atoms with E-state index < -0.39 is 9.84 Å². The van der Waals surface area contributed by atoms with Gasteiger partial charge in [-0.3, -0.25) is 4.99 Å². The quantitative estimate of drug-likeness (QED) is 0.251. The molecule has 0 heterocycles. The second kappa shape index (κ2) is 12.5. The molecule has 0 saturated heterocycles. The number of rotatable bonds is 9. The first kappa shape index (κ1) is 23.1. The standard InChI is InChI=1S/C16H27N3O3S.HI/c1-4-14(19-16(17-2)18-11-8-12-22-3)13-23(20,21)15-9-6-5-7-10-15;/h5-7,9-10,14H,4,8,11-13H2,1-3H3,(H2,17,18,19);1H. The number of ether oxygens (including phenoxy) is 1. The van der Waals surface area contributed by atoms with Crippen molar-refractivity contribution in [2.45, 2.75) is 30.7 Å². The van der Waals surface area contributed by atoms with E-state index in [9.17, 15) is 8.42 Å². The molecule has 0 amide bonds. The molecular weight excluding hydrogens is 441 g/mol. The Morgan fingerprint density at radius 3 is 2.50 bits per heavy atom. The molecule has 1 unspecified atom stereocenters. The van der Waals surface area contributed by atoms with E-state index in [1.807, 2.05) is 6.92 Å². The molecular formula is C16H28IN3O3S. The van der Waals surface area contributed by atoms with Crippen LogP contribution >= 0.6 is 24.0 Å². The van der Waals surface area contributed by atoms with Gasteiger partial charge in [-0.05, 0) is 25.0 Å². The number of aliphatic imine (C=N–C) groups is 1. The maximum Gasteiger partial charge on any atom is 0.191 e. The van der Waals surface area contributed by atoms with Crippen LogP contribution in [0.4, 0.5) is 0 Å². The van der Waals surface area contributed by atoms with Crippen molar-refractivity contribution in [3.05, 3.63) is 30.3 Å². The Labute approximate surface area is 162 Å². The Morgan fingerprint density at radius 2 is 1.96 bits per heavy atom. The molecule has 8 heteroatoms. The van der Waals surface area contributed by atoms with Crippen molar-refractivity contribution in [1.82, 2.24) is 10.6 Å². The number of sulfone groups is 1. The highest BCUT2D eigenvalue weighted by Gasteiger charge is 2.20. The first-order valence-electron chi connectivity index (χ1n) is 7.77. The summed E-state index contributed by atoms with van der Waals surface area (Å²) in [5, 5.41) is 6.33. The highest BCUT2D eigenvalue weighted by molar-refractivity contribution is 14.0. The van der Waals surface area contributed by atoms with Gasteiger partial charge in [0.05, 0.1) is 10.6 Å². The summed E-state index contributed by atoms with van der Waals surface area (Å²) < 4.78 is 29.9. The van der Waals surface area contributed by atoms with Crippen LogP contribution in [0.25, 0.3) is 0 Å². The Morgan fingerprint density at radius 1 is 1.29 bits per heavy atom. The van der Waals surface area contributed by atoms with E-state index in [-0.39, 0.29) is 35.8 Å². The number of halogens is 1. The minimum atomic E-state index is -3.32. The molecule has 0 bridgehead atoms. The predicted molar refractivity (Wildman–Crippen MR) is 109 cm³/mol. The maximum atomic E-state index is 12.5. The van der Waals surface area contributed by atoms with Gasteiger partial charge < -0.3 is 15.4 Å². The Balaban J connectivity index is 0.00000529. The summed E-state index contributed by atoms with van der Waals surface area (Å²) in [7, 11) is 0.0122. The highest BCUT2D eigenvalue weighted by Crippen LogP contribution is 2.12. The van der Waals surface area contributed by atoms with Crippen molar-refractivity contribution in [3.8, 4) is 0 Å². The minimum absolute atomic E-state index is 0. The average Bonchev–Trinajstić information content (AvgIpc) is 2.57. The largest absolute Gasteiger partial charge is 0.385 e. The lowest BCUT2D eigenvalue weighted by Gasteiger charge is -2.20. The SMILES string of the molecule is CCC(CS(=O)(=O)c1ccccc1)NC(=NC)NCCCOC.I. The molecule has 1 rings (SSSR count). The van der Waals surface area contributed by atoms with Crippen LogP contribution in [0.15, 0.2) is 40.2 Å². The van der Waals surface area contributed by atoms with Gasteiger partial charge >= 0.3 is 0 Å². The zero-order chi connectivity index (χ0) is 17.1. The van der Waals surface area contributed by atoms with Gasteiger partial charge in [0.2, 0.25) is 0 Å². The molecule has 1 aromatic carbocycles. The molecule has 1 aromatic rings. The lowest BCUT2D eigenvalue weighted by atomic mass is 10.3. The van der Waals surface area contributed by atoms with E-state index in [0.717, 1.165) is 13.0 Å². The molecule has 0 aliphatic rings. The summed E-state index contributed by atoms with van der Waals surface area (Å²) >= 11 is 0. The topological polar surface area (TPSA) is 79.8 Å². The van der Waals surface area contributed by atoms with Crippen LogP contribution < -0.4 is 10.6 Å². The molecule has 0 saturated carbocycles. The van der Waals surface area contributed by atoms with Crippen molar-refractivity contribution < 1.29 is 13.2 Å². The van der Waals surface area contributed by atoms with Crippen molar-refractivity contribution >= 4 is 39.8 Å². The summed E-state index contributed by atoms with van der Waals surface area (Å²) in [5.74, 6) is 0.642. The Hall–Kier alpha value is -0.870. The third-order valence-corrected chi connectivity index (χ3v) is 5.23. The molecule has 0 aliphatic carbocycles. The zero-order valence-corrected chi connectivity index (χ0v) is 17.6. The molecule has 0 aromatic heterocycles. The third kappa shape index (κ3) is 8.29. The highest BCUT2D eigenvalue weighted by atomic mass is 127. The molecule has 0 aliphatic heterocycles. The summed E-state index contributed by atoms with van der Waals surface area (Å²) in [4.78, 5) is 4.49. The normalized spacial score (nSPS) is 13.0. The maximum absolute atomic E-state index is 12.5. The van der Waals surface area contributed by atoms with Crippen LogP contribution in [0, 0.1) is 0 Å². The monoisotopic (exact) mass is 469 g/mol. The smallest absolute Gasteiger partial charge is 0.191 e. The van der Waals surface area contributed by atoms with Gasteiger partial charge in [-0.25, -0.2) is 8.42 Å². The number of nitrogens with zero attached hydrogens (tertiary/aromatic N) is 1. The fourth-order valence-electron chi connectivity index (χ4n) is 2.06. The summed E-state index contributed by atoms with van der Waals surface area (Å²) in [5.41, 5.74) is 0. The van der Waals surface area contributed by atoms with E-state index in [0.29, 0.717) is 23.9 Å². The zero-order valence-electron chi connectivity index (χ0n) is 14.5. The average molecular weight is 469 g/mol. The van der Waals surface area contributed by atoms with Crippen LogP contribution in [0.3, 0.4) is 0 Å². The fourth-order valence-corrected chi connectivity index (χ4v) is 3.67. The van der Waals surface area contributed by atoms with Crippen molar-refractivity contribution in [1.29, 1.82) is 0 Å². The van der Waals surface area contributed by atoms with Crippen LogP contribution in [-0.2, 0) is 14.6 Å². The van der Waals surface area contributed by atoms with E-state index in [1.54, 1.807) is 44.5 Å². The van der Waals surface area contributed by atoms with Crippen LogP contribution in [-0.4, -0.2) is 53.5 Å². The fraction of sp³-hybridized carbons (Fsp3) is 0.562.